The predicted molar refractivity (Wildman–Crippen MR) is 177 cm³/mol. The zero-order chi connectivity index (χ0) is 33.0. The Labute approximate surface area is 277 Å². The number of hydrogen-bond acceptors (Lipinski definition) is 7. The van der Waals surface area contributed by atoms with Crippen molar-refractivity contribution in [2.24, 2.45) is 11.8 Å². The molecule has 5 heterocycles. The number of amides is 3. The zero-order valence-corrected chi connectivity index (χ0v) is 26.5. The van der Waals surface area contributed by atoms with Crippen molar-refractivity contribution in [3.8, 4) is 0 Å². The molecule has 2 saturated heterocycles. The van der Waals surface area contributed by atoms with Crippen LogP contribution in [0.15, 0.2) is 109 Å². The number of para-hydroxylation sites is 2. The van der Waals surface area contributed by atoms with Gasteiger partial charge in [0.2, 0.25) is 11.8 Å². The standard InChI is InChI=1S/C37H36N6O5/c1-2-36-19-11-22-41(26-15-7-4-8-16-26)33(45)30(36)31-34(46)43(29(23-44)25-13-5-3-6-14-25)32-35(47)40(21-12-20-37(31,32)48-36)24-42-28-18-10-9-17-27(28)38-39-42/h3-20,29-32,44H,2,21-24H2,1H3/t29-,30+,31+,32?,36-,37+/m1/s1. The summed E-state index contributed by atoms with van der Waals surface area (Å²) in [4.78, 5) is 49.7. The summed E-state index contributed by atoms with van der Waals surface area (Å²) in [5.74, 6) is -2.93. The van der Waals surface area contributed by atoms with Gasteiger partial charge in [0.05, 0.1) is 35.6 Å². The molecule has 4 aromatic rings. The van der Waals surface area contributed by atoms with E-state index in [9.17, 15) is 9.90 Å². The molecule has 11 nitrogen and oxygen atoms in total. The fraction of sp³-hybridized carbons (Fsp3) is 0.324. The minimum atomic E-state index is -1.48. The van der Waals surface area contributed by atoms with Gasteiger partial charge in [-0.05, 0) is 36.2 Å². The number of likely N-dealkylation sites (tertiary alicyclic amines) is 1. The highest BCUT2D eigenvalue weighted by molar-refractivity contribution is 6.04. The number of rotatable bonds is 7. The Balaban J connectivity index is 1.27. The third kappa shape index (κ3) is 4.37. The number of ether oxygens (including phenoxy) is 1. The summed E-state index contributed by atoms with van der Waals surface area (Å²) in [6.45, 7) is 2.16. The Morgan fingerprint density at radius 3 is 2.31 bits per heavy atom. The summed E-state index contributed by atoms with van der Waals surface area (Å²) in [5, 5.41) is 19.5. The number of fused-ring (bicyclic) bond motifs is 3. The van der Waals surface area contributed by atoms with Crippen LogP contribution in [0.4, 0.5) is 5.69 Å². The monoisotopic (exact) mass is 644 g/mol. The molecular formula is C37H36N6O5. The highest BCUT2D eigenvalue weighted by atomic mass is 16.5. The molecule has 3 amide bonds. The van der Waals surface area contributed by atoms with Gasteiger partial charge in [0.1, 0.15) is 23.8 Å². The van der Waals surface area contributed by atoms with Gasteiger partial charge >= 0.3 is 0 Å². The third-order valence-electron chi connectivity index (χ3n) is 10.4. The first kappa shape index (κ1) is 30.2. The SMILES string of the molecule is CC[C@@]12C=CCN(c3ccccc3)C(=O)[C@@H]1[C@H]1C(=O)N([C@H](CO)c3ccccc3)C3C(=O)N(Cn4nnc5ccccc54)CC=C[C@@]31O2. The fourth-order valence-corrected chi connectivity index (χ4v) is 8.26. The van der Waals surface area contributed by atoms with Crippen molar-refractivity contribution in [1.82, 2.24) is 24.8 Å². The first-order chi connectivity index (χ1) is 23.4. The number of anilines is 1. The molecule has 8 rings (SSSR count). The molecule has 0 radical (unpaired) electrons. The molecule has 244 valence electrons. The lowest BCUT2D eigenvalue weighted by atomic mass is 9.73. The normalized spacial score (nSPS) is 28.8. The van der Waals surface area contributed by atoms with Gasteiger partial charge in [0.15, 0.2) is 0 Å². The molecule has 1 N–H and O–H groups in total. The molecule has 11 heteroatoms. The first-order valence-electron chi connectivity index (χ1n) is 16.4. The Bertz CT molecular complexity index is 1950. The minimum Gasteiger partial charge on any atom is -0.394 e. The maximum Gasteiger partial charge on any atom is 0.250 e. The van der Waals surface area contributed by atoms with E-state index in [2.05, 4.69) is 10.3 Å². The smallest absolute Gasteiger partial charge is 0.250 e. The predicted octanol–water partition coefficient (Wildman–Crippen LogP) is 3.48. The number of nitrogens with zero attached hydrogens (tertiary/aromatic N) is 6. The molecule has 48 heavy (non-hydrogen) atoms. The lowest BCUT2D eigenvalue weighted by Gasteiger charge is -2.40. The van der Waals surface area contributed by atoms with Crippen molar-refractivity contribution in [1.29, 1.82) is 0 Å². The Kier molecular flexibility index (Phi) is 7.26. The van der Waals surface area contributed by atoms with Gasteiger partial charge in [-0.15, -0.1) is 5.10 Å². The van der Waals surface area contributed by atoms with Gasteiger partial charge < -0.3 is 24.5 Å². The van der Waals surface area contributed by atoms with Gasteiger partial charge in [0, 0.05) is 18.8 Å². The van der Waals surface area contributed by atoms with Crippen LogP contribution in [0.25, 0.3) is 11.0 Å². The highest BCUT2D eigenvalue weighted by Crippen LogP contribution is 2.60. The van der Waals surface area contributed by atoms with Gasteiger partial charge in [-0.25, -0.2) is 4.68 Å². The van der Waals surface area contributed by atoms with Crippen molar-refractivity contribution in [2.75, 3.05) is 24.6 Å². The summed E-state index contributed by atoms with van der Waals surface area (Å²) in [7, 11) is 0. The highest BCUT2D eigenvalue weighted by Gasteiger charge is 2.76. The van der Waals surface area contributed by atoms with Crippen molar-refractivity contribution in [2.45, 2.75) is 43.3 Å². The van der Waals surface area contributed by atoms with Gasteiger partial charge in [0.25, 0.3) is 5.91 Å². The number of aliphatic hydroxyl groups excluding tert-OH is 1. The molecule has 1 spiro atoms. The maximum absolute atomic E-state index is 15.1. The molecule has 4 aliphatic heterocycles. The molecule has 2 fully saturated rings. The largest absolute Gasteiger partial charge is 0.394 e. The van der Waals surface area contributed by atoms with Crippen molar-refractivity contribution < 1.29 is 24.2 Å². The van der Waals surface area contributed by atoms with Crippen LogP contribution in [0.1, 0.15) is 24.9 Å². The molecule has 6 atom stereocenters. The molecule has 0 aliphatic carbocycles. The Hall–Kier alpha value is -5.13. The molecule has 0 saturated carbocycles. The summed E-state index contributed by atoms with van der Waals surface area (Å²) in [6.07, 6.45) is 7.95. The van der Waals surface area contributed by atoms with Crippen LogP contribution in [0.5, 0.6) is 0 Å². The minimum absolute atomic E-state index is 0.0844. The number of benzene rings is 3. The van der Waals surface area contributed by atoms with E-state index in [1.54, 1.807) is 14.5 Å². The molecular weight excluding hydrogens is 608 g/mol. The zero-order valence-electron chi connectivity index (χ0n) is 26.5. The van der Waals surface area contributed by atoms with Crippen LogP contribution in [-0.4, -0.2) is 84.6 Å². The first-order valence-corrected chi connectivity index (χ1v) is 16.4. The van der Waals surface area contributed by atoms with E-state index in [0.717, 1.165) is 11.2 Å². The van der Waals surface area contributed by atoms with E-state index in [-0.39, 0.29) is 25.0 Å². The number of carbonyl (C=O) groups excluding carboxylic acids is 3. The number of aromatic nitrogens is 3. The Morgan fingerprint density at radius 2 is 1.56 bits per heavy atom. The van der Waals surface area contributed by atoms with E-state index in [1.807, 2.05) is 116 Å². The van der Waals surface area contributed by atoms with Gasteiger partial charge in [-0.1, -0.05) is 97.1 Å². The second kappa shape index (κ2) is 11.5. The van der Waals surface area contributed by atoms with Crippen molar-refractivity contribution in [3.63, 3.8) is 0 Å². The Morgan fingerprint density at radius 1 is 0.854 bits per heavy atom. The van der Waals surface area contributed by atoms with Crippen molar-refractivity contribution >= 4 is 34.4 Å². The summed E-state index contributed by atoms with van der Waals surface area (Å²) < 4.78 is 8.80. The maximum atomic E-state index is 15.1. The van der Waals surface area contributed by atoms with Crippen LogP contribution in [-0.2, 0) is 25.8 Å². The number of carbonyl (C=O) groups is 3. The molecule has 1 unspecified atom stereocenters. The van der Waals surface area contributed by atoms with Crippen LogP contribution in [0.2, 0.25) is 0 Å². The van der Waals surface area contributed by atoms with E-state index < -0.39 is 47.6 Å². The second-order valence-corrected chi connectivity index (χ2v) is 12.8. The van der Waals surface area contributed by atoms with E-state index in [0.29, 0.717) is 24.0 Å². The van der Waals surface area contributed by atoms with Crippen molar-refractivity contribution in [3.05, 3.63) is 115 Å². The van der Waals surface area contributed by atoms with Crippen LogP contribution in [0.3, 0.4) is 0 Å². The van der Waals surface area contributed by atoms with Crippen LogP contribution >= 0.6 is 0 Å². The molecule has 3 aromatic carbocycles. The van der Waals surface area contributed by atoms with Crippen LogP contribution in [0, 0.1) is 11.8 Å². The average Bonchev–Trinajstić information content (AvgIpc) is 3.66. The number of hydrogen-bond donors (Lipinski definition) is 1. The fourth-order valence-electron chi connectivity index (χ4n) is 8.26. The topological polar surface area (TPSA) is 121 Å². The quantitative estimate of drug-likeness (QED) is 0.306. The lowest BCUT2D eigenvalue weighted by Crippen LogP contribution is -2.57. The number of aliphatic hydroxyl groups is 1. The molecule has 0 bridgehead atoms. The third-order valence-corrected chi connectivity index (χ3v) is 10.4. The van der Waals surface area contributed by atoms with Gasteiger partial charge in [-0.2, -0.15) is 0 Å². The second-order valence-electron chi connectivity index (χ2n) is 12.8. The van der Waals surface area contributed by atoms with E-state index in [1.165, 1.54) is 4.90 Å². The van der Waals surface area contributed by atoms with Gasteiger partial charge in [-0.3, -0.25) is 14.4 Å². The summed E-state index contributed by atoms with van der Waals surface area (Å²) >= 11 is 0. The molecule has 4 aliphatic rings. The van der Waals surface area contributed by atoms with E-state index in [4.69, 9.17) is 4.74 Å². The average molecular weight is 645 g/mol. The lowest BCUT2D eigenvalue weighted by molar-refractivity contribution is -0.156. The summed E-state index contributed by atoms with van der Waals surface area (Å²) in [6, 6.07) is 24.1. The molecule has 1 aromatic heterocycles. The van der Waals surface area contributed by atoms with Crippen LogP contribution < -0.4 is 4.90 Å². The van der Waals surface area contributed by atoms with E-state index >= 15 is 9.59 Å². The summed E-state index contributed by atoms with van der Waals surface area (Å²) in [5.41, 5.74) is 0.258.